The summed E-state index contributed by atoms with van der Waals surface area (Å²) >= 11 is 1.49. The number of primary sulfonamides is 1. The highest BCUT2D eigenvalue weighted by Gasteiger charge is 2.11. The summed E-state index contributed by atoms with van der Waals surface area (Å²) in [6.07, 6.45) is 0.741. The predicted molar refractivity (Wildman–Crippen MR) is 80.2 cm³/mol. The van der Waals surface area contributed by atoms with Crippen LogP contribution in [0.4, 0.5) is 0 Å². The maximum atomic E-state index is 11.3. The third kappa shape index (κ3) is 2.72. The van der Waals surface area contributed by atoms with Crippen LogP contribution in [0.2, 0.25) is 0 Å². The molecule has 0 unspecified atom stereocenters. The molecule has 0 aliphatic rings. The molecule has 0 saturated heterocycles. The van der Waals surface area contributed by atoms with Crippen LogP contribution in [0.3, 0.4) is 0 Å². The molecular formula is C14H12N2O2S2. The molecule has 0 amide bonds. The fraction of sp³-hybridized carbons (Fsp3) is 0.0714. The molecule has 2 aromatic carbocycles. The van der Waals surface area contributed by atoms with Crippen molar-refractivity contribution < 1.29 is 8.42 Å². The first-order valence-corrected chi connectivity index (χ1v) is 8.35. The molecule has 0 fully saturated rings. The first kappa shape index (κ1) is 13.2. The van der Waals surface area contributed by atoms with E-state index in [1.165, 1.54) is 23.0 Å². The van der Waals surface area contributed by atoms with Gasteiger partial charge in [0.25, 0.3) is 0 Å². The quantitative estimate of drug-likeness (QED) is 0.808. The van der Waals surface area contributed by atoms with E-state index in [0.29, 0.717) is 0 Å². The zero-order valence-corrected chi connectivity index (χ0v) is 12.1. The summed E-state index contributed by atoms with van der Waals surface area (Å²) in [5, 5.41) is 6.09. The minimum atomic E-state index is -3.67. The lowest BCUT2D eigenvalue weighted by Gasteiger charge is -1.95. The lowest BCUT2D eigenvalue weighted by atomic mass is 10.2. The lowest BCUT2D eigenvalue weighted by molar-refractivity contribution is 0.598. The fourth-order valence-electron chi connectivity index (χ4n) is 1.98. The Bertz CT molecular complexity index is 855. The smallest absolute Gasteiger partial charge is 0.238 e. The van der Waals surface area contributed by atoms with Crippen LogP contribution in [0.25, 0.3) is 10.2 Å². The highest BCUT2D eigenvalue weighted by molar-refractivity contribution is 7.89. The number of hydrogen-bond donors (Lipinski definition) is 1. The molecule has 1 heterocycles. The van der Waals surface area contributed by atoms with E-state index in [-0.39, 0.29) is 4.90 Å². The monoisotopic (exact) mass is 304 g/mol. The number of sulfonamides is 1. The van der Waals surface area contributed by atoms with Crippen LogP contribution < -0.4 is 5.14 Å². The van der Waals surface area contributed by atoms with Gasteiger partial charge in [-0.1, -0.05) is 30.3 Å². The molecule has 4 nitrogen and oxygen atoms in total. The van der Waals surface area contributed by atoms with Gasteiger partial charge < -0.3 is 0 Å². The maximum Gasteiger partial charge on any atom is 0.238 e. The third-order valence-electron chi connectivity index (χ3n) is 2.93. The minimum absolute atomic E-state index is 0.125. The van der Waals surface area contributed by atoms with Crippen molar-refractivity contribution in [2.45, 2.75) is 11.3 Å². The second-order valence-electron chi connectivity index (χ2n) is 4.44. The molecule has 102 valence electrons. The van der Waals surface area contributed by atoms with Gasteiger partial charge in [0, 0.05) is 6.42 Å². The number of hydrogen-bond acceptors (Lipinski definition) is 4. The molecule has 0 spiro atoms. The predicted octanol–water partition coefficient (Wildman–Crippen LogP) is 2.53. The van der Waals surface area contributed by atoms with E-state index in [2.05, 4.69) is 4.98 Å². The number of nitrogens with two attached hydrogens (primary N) is 1. The van der Waals surface area contributed by atoms with Crippen molar-refractivity contribution in [1.82, 2.24) is 4.98 Å². The number of nitrogens with zero attached hydrogens (tertiary/aromatic N) is 1. The Kier molecular flexibility index (Phi) is 3.29. The Balaban J connectivity index is 1.99. The molecule has 0 aliphatic carbocycles. The molecule has 0 atom stereocenters. The van der Waals surface area contributed by atoms with E-state index in [0.717, 1.165) is 21.6 Å². The van der Waals surface area contributed by atoms with E-state index in [1.807, 2.05) is 30.3 Å². The van der Waals surface area contributed by atoms with Gasteiger partial charge in [0.2, 0.25) is 10.0 Å². The molecule has 0 bridgehead atoms. The van der Waals surface area contributed by atoms with Crippen molar-refractivity contribution >= 4 is 31.6 Å². The SMILES string of the molecule is NS(=O)(=O)c1ccc2nc(Cc3ccccc3)sc2c1. The molecule has 3 rings (SSSR count). The molecule has 3 aromatic rings. The molecule has 6 heteroatoms. The van der Waals surface area contributed by atoms with Crippen molar-refractivity contribution in [2.75, 3.05) is 0 Å². The van der Waals surface area contributed by atoms with Gasteiger partial charge in [-0.2, -0.15) is 0 Å². The Hall–Kier alpha value is -1.76. The number of aromatic nitrogens is 1. The van der Waals surface area contributed by atoms with Crippen molar-refractivity contribution in [3.05, 3.63) is 59.1 Å². The topological polar surface area (TPSA) is 73.1 Å². The number of fused-ring (bicyclic) bond motifs is 1. The van der Waals surface area contributed by atoms with Crippen LogP contribution in [0, 0.1) is 0 Å². The molecule has 0 saturated carbocycles. The standard InChI is InChI=1S/C14H12N2O2S2/c15-20(17,18)11-6-7-12-13(9-11)19-14(16-12)8-10-4-2-1-3-5-10/h1-7,9H,8H2,(H2,15,17,18). The van der Waals surface area contributed by atoms with Crippen LogP contribution >= 0.6 is 11.3 Å². The number of rotatable bonds is 3. The number of thiazole rings is 1. The molecule has 2 N–H and O–H groups in total. The average molecular weight is 304 g/mol. The normalized spacial score (nSPS) is 11.8. The summed E-state index contributed by atoms with van der Waals surface area (Å²) in [7, 11) is -3.67. The van der Waals surface area contributed by atoms with E-state index in [1.54, 1.807) is 12.1 Å². The van der Waals surface area contributed by atoms with Crippen molar-refractivity contribution in [3.8, 4) is 0 Å². The largest absolute Gasteiger partial charge is 0.241 e. The van der Waals surface area contributed by atoms with Gasteiger partial charge in [0.15, 0.2) is 0 Å². The van der Waals surface area contributed by atoms with Crippen molar-refractivity contribution in [3.63, 3.8) is 0 Å². The summed E-state index contributed by atoms with van der Waals surface area (Å²) < 4.78 is 23.5. The van der Waals surface area contributed by atoms with Crippen LogP contribution in [0.1, 0.15) is 10.6 Å². The van der Waals surface area contributed by atoms with E-state index < -0.39 is 10.0 Å². The van der Waals surface area contributed by atoms with Gasteiger partial charge in [-0.3, -0.25) is 0 Å². The van der Waals surface area contributed by atoms with Gasteiger partial charge in [-0.05, 0) is 23.8 Å². The van der Waals surface area contributed by atoms with Crippen LogP contribution in [0.5, 0.6) is 0 Å². The molecule has 0 aliphatic heterocycles. The average Bonchev–Trinajstić information content (AvgIpc) is 2.80. The van der Waals surface area contributed by atoms with Crippen LogP contribution in [-0.4, -0.2) is 13.4 Å². The fourth-order valence-corrected chi connectivity index (χ4v) is 3.63. The van der Waals surface area contributed by atoms with Gasteiger partial charge >= 0.3 is 0 Å². The highest BCUT2D eigenvalue weighted by atomic mass is 32.2. The number of benzene rings is 2. The highest BCUT2D eigenvalue weighted by Crippen LogP contribution is 2.26. The first-order chi connectivity index (χ1) is 9.52. The Morgan fingerprint density at radius 1 is 1.10 bits per heavy atom. The second-order valence-corrected chi connectivity index (χ2v) is 7.12. The van der Waals surface area contributed by atoms with Gasteiger partial charge in [0.1, 0.15) is 0 Å². The van der Waals surface area contributed by atoms with E-state index in [4.69, 9.17) is 5.14 Å². The van der Waals surface area contributed by atoms with Gasteiger partial charge in [-0.15, -0.1) is 11.3 Å². The van der Waals surface area contributed by atoms with Gasteiger partial charge in [-0.25, -0.2) is 18.5 Å². The molecule has 0 radical (unpaired) electrons. The first-order valence-electron chi connectivity index (χ1n) is 5.98. The minimum Gasteiger partial charge on any atom is -0.241 e. The molecular weight excluding hydrogens is 292 g/mol. The summed E-state index contributed by atoms with van der Waals surface area (Å²) in [4.78, 5) is 4.64. The van der Waals surface area contributed by atoms with Crippen LogP contribution in [0.15, 0.2) is 53.4 Å². The zero-order valence-electron chi connectivity index (χ0n) is 10.5. The molecule has 1 aromatic heterocycles. The second kappa shape index (κ2) is 4.97. The Labute approximate surface area is 120 Å². The summed E-state index contributed by atoms with van der Waals surface area (Å²) in [5.41, 5.74) is 1.98. The van der Waals surface area contributed by atoms with Crippen molar-refractivity contribution in [2.24, 2.45) is 5.14 Å². The molecule has 20 heavy (non-hydrogen) atoms. The van der Waals surface area contributed by atoms with E-state index >= 15 is 0 Å². The lowest BCUT2D eigenvalue weighted by Crippen LogP contribution is -2.11. The summed E-state index contributed by atoms with van der Waals surface area (Å²) in [5.74, 6) is 0. The summed E-state index contributed by atoms with van der Waals surface area (Å²) in [6, 6.07) is 14.8. The Morgan fingerprint density at radius 3 is 2.55 bits per heavy atom. The van der Waals surface area contributed by atoms with Crippen molar-refractivity contribution in [1.29, 1.82) is 0 Å². The maximum absolute atomic E-state index is 11.3. The Morgan fingerprint density at radius 2 is 1.85 bits per heavy atom. The van der Waals surface area contributed by atoms with Gasteiger partial charge in [0.05, 0.1) is 20.1 Å². The van der Waals surface area contributed by atoms with Crippen LogP contribution in [-0.2, 0) is 16.4 Å². The summed E-state index contributed by atoms with van der Waals surface area (Å²) in [6.45, 7) is 0. The zero-order chi connectivity index (χ0) is 14.2. The van der Waals surface area contributed by atoms with E-state index in [9.17, 15) is 8.42 Å². The third-order valence-corrected chi connectivity index (χ3v) is 4.86.